The number of benzene rings is 3. The Hall–Kier alpha value is -8.13. The number of aromatic nitrogens is 14. The first-order valence-electron chi connectivity index (χ1n) is 42.1. The van der Waals surface area contributed by atoms with Gasteiger partial charge in [-0.05, 0) is 302 Å². The van der Waals surface area contributed by atoms with E-state index in [0.717, 1.165) is 193 Å². The van der Waals surface area contributed by atoms with E-state index in [-0.39, 0.29) is 49.7 Å². The first kappa shape index (κ1) is 94.5. The van der Waals surface area contributed by atoms with Crippen LogP contribution in [0, 0.1) is 49.3 Å². The number of nitrogen functional groups attached to an aromatic ring is 2. The van der Waals surface area contributed by atoms with Gasteiger partial charge in [0.15, 0.2) is 22.6 Å². The Kier molecular flexibility index (Phi) is 28.8. The highest BCUT2D eigenvalue weighted by Gasteiger charge is 2.52. The fourth-order valence-electron chi connectivity index (χ4n) is 18.1. The van der Waals surface area contributed by atoms with E-state index in [1.54, 1.807) is 53.7 Å². The molecule has 26 nitrogen and oxygen atoms in total. The monoisotopic (exact) mass is 2070 g/mol. The summed E-state index contributed by atoms with van der Waals surface area (Å²) in [6.07, 6.45) is 20.6. The van der Waals surface area contributed by atoms with Crippen molar-refractivity contribution in [3.05, 3.63) is 248 Å². The summed E-state index contributed by atoms with van der Waals surface area (Å²) in [5.74, 6) is 3.83. The second-order valence-electron chi connectivity index (χ2n) is 35.4. The molecule has 13 aromatic rings. The first-order valence-corrected chi connectivity index (χ1v) is 49.9. The number of pyridine rings is 6. The molecule has 0 saturated carbocycles. The van der Waals surface area contributed by atoms with E-state index in [1.807, 2.05) is 87.1 Å². The fraction of sp³-hybridized carbons (Fsp3) is 0.374. The van der Waals surface area contributed by atoms with Gasteiger partial charge in [0.2, 0.25) is 0 Å². The number of anilines is 5. The van der Waals surface area contributed by atoms with Gasteiger partial charge in [-0.15, -0.1) is 0 Å². The lowest BCUT2D eigenvalue weighted by Crippen LogP contribution is -2.48. The Bertz CT molecular complexity index is 6470. The van der Waals surface area contributed by atoms with Gasteiger partial charge in [0.25, 0.3) is 0 Å². The van der Waals surface area contributed by atoms with Crippen molar-refractivity contribution in [2.45, 2.75) is 181 Å². The molecule has 3 saturated heterocycles. The number of halogens is 7. The van der Waals surface area contributed by atoms with Crippen molar-refractivity contribution in [2.75, 3.05) is 65.4 Å². The summed E-state index contributed by atoms with van der Waals surface area (Å²) in [7, 11) is -2.27. The molecule has 3 aliphatic carbocycles. The number of hydrogen-bond donors (Lipinski definition) is 7. The number of nitrogens with two attached hydrogens (primary N) is 4. The summed E-state index contributed by atoms with van der Waals surface area (Å²) in [5, 5.41) is 26.1. The number of fused-ring (bicyclic) bond motifs is 7. The first-order chi connectivity index (χ1) is 61.0. The molecule has 10 aromatic heterocycles. The van der Waals surface area contributed by atoms with Crippen molar-refractivity contribution in [3.63, 3.8) is 0 Å². The van der Waals surface area contributed by atoms with E-state index in [4.69, 9.17) is 74.7 Å². The summed E-state index contributed by atoms with van der Waals surface area (Å²) in [6, 6.07) is 38.4. The summed E-state index contributed by atoms with van der Waals surface area (Å²) < 4.78 is 42.7. The van der Waals surface area contributed by atoms with Crippen molar-refractivity contribution in [1.29, 1.82) is 5.41 Å². The molecule has 0 radical (unpaired) electrons. The average molecular weight is 2070 g/mol. The highest BCUT2D eigenvalue weighted by atomic mass is 79.9. The number of amidine groups is 1. The van der Waals surface area contributed by atoms with Crippen molar-refractivity contribution >= 4 is 197 Å². The number of hydrogen-bond acceptors (Lipinski definition) is 21. The van der Waals surface area contributed by atoms with Crippen LogP contribution in [0.3, 0.4) is 0 Å². The van der Waals surface area contributed by atoms with Crippen LogP contribution in [0.2, 0.25) is 15.2 Å². The normalized spacial score (nSPS) is 18.5. The van der Waals surface area contributed by atoms with Crippen LogP contribution >= 0.6 is 118 Å². The predicted octanol–water partition coefficient (Wildman–Crippen LogP) is 20.0. The number of nitrogens with one attached hydrogen (secondary N) is 3. The lowest BCUT2D eigenvalue weighted by Gasteiger charge is -2.44. The maximum Gasteiger partial charge on any atom is 0.172 e. The van der Waals surface area contributed by atoms with E-state index < -0.39 is 22.0 Å². The lowest BCUT2D eigenvalue weighted by molar-refractivity contribution is 0.177. The third kappa shape index (κ3) is 19.3. The zero-order valence-electron chi connectivity index (χ0n) is 72.9. The Labute approximate surface area is 804 Å². The van der Waals surface area contributed by atoms with Gasteiger partial charge in [-0.3, -0.25) is 5.41 Å². The molecule has 3 aromatic carbocycles. The van der Waals surface area contributed by atoms with Crippen LogP contribution in [-0.2, 0) is 41.2 Å². The standard InChI is InChI=1S/C29H34ClN7OS2.C25H26ClN7S.C24H30BrN5OS.C7H5BrClN3.C6H8BrClN2/c1-18-15-22(37-27(33-17-34-37)24(18)39-21-9-12-32-26(31)23(21)30)36-13-10-29(11-14-36)16-19-7-5-6-8-20(19)25(29)35-40(38)28(2,3)4;1-15-12-19(32-10-7-25(8-11-32)13-16-4-2-3-5-17(16)22(25)27)33-24(30-14-31-33)21(15)34-18-6-9-29-23(28)20(18)26;1-16-13-19(30-22(20(16)25)26-15-27-30)29-11-9-24(10-12-29)14-17-7-5-6-8-18(17)21(24)28-32(31)23(2,3)4;1-4-2-5(9)12-7(6(4)8)10-3-11-12;1-4(2-3-8)5(7)6(9)10/h5-9,12,15,17,25,35H,10-11,13-14,16H2,1-4H3,(H2,31,32);2-6,9,12,14,22H,7-8,10-11,13,27H2,1H3,(H2,28,29);5-8,13,15,21,28H,9-12,14H2,1-4H3;2-3H,1H3;2-3H,1H3,(H3,9,10)/b;;;;3-2+,5-4+/t25-,40-;22-;21-,32-;;/m111../s1. The lowest BCUT2D eigenvalue weighted by atomic mass is 9.73. The number of piperidine rings is 3. The zero-order chi connectivity index (χ0) is 91.2. The Balaban J connectivity index is 0.000000132. The molecule has 6 aliphatic rings. The molecule has 3 aliphatic heterocycles. The van der Waals surface area contributed by atoms with Gasteiger partial charge >= 0.3 is 0 Å². The summed E-state index contributed by atoms with van der Waals surface area (Å²) >= 11 is 37.3. The van der Waals surface area contributed by atoms with Crippen molar-refractivity contribution in [2.24, 2.45) is 27.7 Å². The molecule has 672 valence electrons. The van der Waals surface area contributed by atoms with Crippen LogP contribution in [0.25, 0.3) is 22.6 Å². The molecular weight excluding hydrogens is 1970 g/mol. The minimum Gasteiger partial charge on any atom is -0.383 e. The minimum atomic E-state index is -1.16. The van der Waals surface area contributed by atoms with E-state index in [9.17, 15) is 8.42 Å². The summed E-state index contributed by atoms with van der Waals surface area (Å²) in [6.45, 7) is 27.8. The fourth-order valence-corrected chi connectivity index (χ4v) is 23.8. The molecule has 0 amide bonds. The summed E-state index contributed by atoms with van der Waals surface area (Å²) in [5.41, 5.74) is 42.0. The predicted molar refractivity (Wildman–Crippen MR) is 532 cm³/mol. The molecule has 11 N–H and O–H groups in total. The van der Waals surface area contributed by atoms with Crippen LogP contribution in [0.15, 0.2) is 197 Å². The van der Waals surface area contributed by atoms with Crippen LogP contribution in [-0.4, -0.2) is 131 Å². The Morgan fingerprint density at radius 3 is 1.26 bits per heavy atom. The molecule has 13 heterocycles. The molecular formula is C91H103Br3Cl4N24O2S4. The third-order valence-electron chi connectivity index (χ3n) is 25.2. The highest BCUT2D eigenvalue weighted by Crippen LogP contribution is 2.56. The Morgan fingerprint density at radius 1 is 0.516 bits per heavy atom. The quantitative estimate of drug-likeness (QED) is 0.0244. The number of nitrogens with zero attached hydrogens (tertiary/aromatic N) is 17. The van der Waals surface area contributed by atoms with Crippen molar-refractivity contribution in [3.8, 4) is 0 Å². The molecule has 5 atom stereocenters. The van der Waals surface area contributed by atoms with Gasteiger partial charge in [0.05, 0.1) is 76.8 Å². The van der Waals surface area contributed by atoms with Crippen molar-refractivity contribution < 1.29 is 8.42 Å². The van der Waals surface area contributed by atoms with Gasteiger partial charge in [-0.25, -0.2) is 52.3 Å². The largest absolute Gasteiger partial charge is 0.383 e. The molecule has 0 unspecified atom stereocenters. The smallest absolute Gasteiger partial charge is 0.172 e. The second kappa shape index (κ2) is 39.0. The van der Waals surface area contributed by atoms with E-state index in [2.05, 4.69) is 234 Å². The molecule has 37 heteroatoms. The SMILES string of the molecule is CC(/C=C/Cl)=C(\Br)C(=N)N.Cc1cc(Cl)n2ncnc2c1Br.Cc1cc(N2CCC3(CC2)Cc2ccccc2[C@H]3N)n2ncnc2c1Sc1ccnc(N)c1Cl.Cc1cc(N2CCC3(CC2)Cc2ccccc2[C@H]3N[S@](=O)C(C)(C)C)n2ncnc2c1Br.Cc1cc(N2CCC3(CC2)Cc2ccccc2[C@H]3N[S@](=O)C(C)(C)C)n2ncnc2c1Sc1ccnc(N)c1Cl. The topological polar surface area (TPSA) is 342 Å². The second-order valence-corrected chi connectivity index (χ2v) is 45.3. The third-order valence-corrected chi connectivity index (χ3v) is 35.2. The van der Waals surface area contributed by atoms with Crippen LogP contribution in [0.4, 0.5) is 29.1 Å². The van der Waals surface area contributed by atoms with Crippen LogP contribution in [0.5, 0.6) is 0 Å². The van der Waals surface area contributed by atoms with Crippen LogP contribution in [0.1, 0.15) is 161 Å². The molecule has 3 spiro atoms. The highest BCUT2D eigenvalue weighted by molar-refractivity contribution is 9.12. The average Bonchev–Trinajstić information content (AvgIpc) is 1.58. The number of allylic oxidation sites excluding steroid dienone is 2. The van der Waals surface area contributed by atoms with Gasteiger partial charge in [0.1, 0.15) is 65.4 Å². The van der Waals surface area contributed by atoms with Gasteiger partial charge in [-0.2, -0.15) is 33.9 Å². The molecule has 19 rings (SSSR count). The van der Waals surface area contributed by atoms with E-state index in [0.29, 0.717) is 31.3 Å². The van der Waals surface area contributed by atoms with E-state index >= 15 is 0 Å². The molecule has 3 fully saturated rings. The van der Waals surface area contributed by atoms with E-state index in [1.165, 1.54) is 57.0 Å². The van der Waals surface area contributed by atoms with Crippen molar-refractivity contribution in [1.82, 2.24) is 77.8 Å². The van der Waals surface area contributed by atoms with Gasteiger partial charge in [0, 0.05) is 73.0 Å². The minimum absolute atomic E-state index is 0.00673. The Morgan fingerprint density at radius 2 is 0.859 bits per heavy atom. The molecule has 0 bridgehead atoms. The zero-order valence-corrected chi connectivity index (χ0v) is 83.9. The van der Waals surface area contributed by atoms with Gasteiger partial charge < -0.3 is 37.6 Å². The van der Waals surface area contributed by atoms with Gasteiger partial charge in [-0.1, -0.05) is 143 Å². The summed E-state index contributed by atoms with van der Waals surface area (Å²) in [4.78, 5) is 36.8. The van der Waals surface area contributed by atoms with Crippen LogP contribution < -0.4 is 47.1 Å². The molecule has 128 heavy (non-hydrogen) atoms. The number of rotatable bonds is 13. The maximum absolute atomic E-state index is 13.2. The number of aryl methyl sites for hydroxylation is 4. The maximum atomic E-state index is 13.2.